The molecule has 0 amide bonds. The summed E-state index contributed by atoms with van der Waals surface area (Å²) in [4.78, 5) is 0. The van der Waals surface area contributed by atoms with Gasteiger partial charge in [0.15, 0.2) is 0 Å². The van der Waals surface area contributed by atoms with Gasteiger partial charge in [-0.1, -0.05) is 76.3 Å². The molecular formula is C38H46Cl2Zr-2. The Hall–Kier alpha value is -1.66. The van der Waals surface area contributed by atoms with E-state index in [2.05, 4.69) is 115 Å². The zero-order valence-corrected chi connectivity index (χ0v) is 29.9. The Morgan fingerprint density at radius 2 is 1.41 bits per heavy atom. The van der Waals surface area contributed by atoms with Crippen molar-refractivity contribution < 1.29 is 49.0 Å². The molecule has 0 bridgehead atoms. The molecule has 1 aliphatic carbocycles. The van der Waals surface area contributed by atoms with E-state index >= 15 is 0 Å². The van der Waals surface area contributed by atoms with Crippen molar-refractivity contribution in [3.8, 4) is 11.1 Å². The molecule has 0 radical (unpaired) electrons. The summed E-state index contributed by atoms with van der Waals surface area (Å²) in [5.41, 5.74) is 10.2. The van der Waals surface area contributed by atoms with E-state index in [9.17, 15) is 0 Å². The van der Waals surface area contributed by atoms with Crippen LogP contribution in [0.4, 0.5) is 0 Å². The van der Waals surface area contributed by atoms with Crippen LogP contribution in [0.3, 0.4) is 0 Å². The van der Waals surface area contributed by atoms with Gasteiger partial charge in [-0.15, -0.1) is 5.56 Å². The third kappa shape index (κ3) is 11.9. The molecule has 0 heterocycles. The number of fused-ring (bicyclic) bond motifs is 3. The van der Waals surface area contributed by atoms with Crippen LogP contribution in [0.1, 0.15) is 95.5 Å². The third-order valence-electron chi connectivity index (χ3n) is 7.17. The summed E-state index contributed by atoms with van der Waals surface area (Å²) in [6.07, 6.45) is 6.21. The topological polar surface area (TPSA) is 0 Å². The summed E-state index contributed by atoms with van der Waals surface area (Å²) in [7, 11) is 0. The number of benzene rings is 3. The fourth-order valence-corrected chi connectivity index (χ4v) is 5.56. The van der Waals surface area contributed by atoms with E-state index in [1.807, 2.05) is 30.3 Å². The average Bonchev–Trinajstić information content (AvgIpc) is 3.58. The summed E-state index contributed by atoms with van der Waals surface area (Å²) >= 11 is 1.61. The van der Waals surface area contributed by atoms with E-state index in [0.29, 0.717) is 0 Å². The molecule has 0 spiro atoms. The van der Waals surface area contributed by atoms with Crippen LogP contribution in [0.5, 0.6) is 0 Å². The van der Waals surface area contributed by atoms with Gasteiger partial charge < -0.3 is 24.8 Å². The maximum Gasteiger partial charge on any atom is -0.172 e. The third-order valence-corrected chi connectivity index (χ3v) is 8.22. The Balaban J connectivity index is 0.000000359. The van der Waals surface area contributed by atoms with Gasteiger partial charge in [0.05, 0.1) is 0 Å². The molecule has 0 fully saturated rings. The Labute approximate surface area is 277 Å². The smallest absolute Gasteiger partial charge is 0.172 e. The van der Waals surface area contributed by atoms with Crippen molar-refractivity contribution in [2.45, 2.75) is 91.4 Å². The molecule has 0 N–H and O–H groups in total. The van der Waals surface area contributed by atoms with E-state index in [-0.39, 0.29) is 35.6 Å². The first-order chi connectivity index (χ1) is 18.5. The van der Waals surface area contributed by atoms with E-state index < -0.39 is 0 Å². The molecule has 41 heavy (non-hydrogen) atoms. The molecule has 1 aliphatic rings. The molecule has 5 rings (SSSR count). The predicted octanol–water partition coefficient (Wildman–Crippen LogP) is 4.20. The Morgan fingerprint density at radius 3 is 1.95 bits per heavy atom. The van der Waals surface area contributed by atoms with Gasteiger partial charge in [-0.05, 0) is 17.4 Å². The van der Waals surface area contributed by atoms with E-state index in [0.717, 1.165) is 6.42 Å². The molecule has 218 valence electrons. The van der Waals surface area contributed by atoms with Gasteiger partial charge in [0, 0.05) is 0 Å². The second-order valence-electron chi connectivity index (χ2n) is 12.7. The van der Waals surface area contributed by atoms with Crippen LogP contribution in [-0.2, 0) is 47.9 Å². The number of rotatable bonds is 5. The van der Waals surface area contributed by atoms with Crippen LogP contribution in [0.2, 0.25) is 0 Å². The minimum Gasteiger partial charge on any atom is -1.00 e. The molecule has 4 aromatic rings. The Bertz CT molecular complexity index is 1230. The average molecular weight is 665 g/mol. The van der Waals surface area contributed by atoms with Gasteiger partial charge in [0.25, 0.3) is 0 Å². The molecule has 0 saturated heterocycles. The monoisotopic (exact) mass is 662 g/mol. The van der Waals surface area contributed by atoms with Crippen molar-refractivity contribution in [1.29, 1.82) is 0 Å². The Morgan fingerprint density at radius 1 is 0.805 bits per heavy atom. The Kier molecular flexibility index (Phi) is 15.9. The van der Waals surface area contributed by atoms with Crippen molar-refractivity contribution in [2.24, 2.45) is 0 Å². The van der Waals surface area contributed by atoms with E-state index in [4.69, 9.17) is 0 Å². The summed E-state index contributed by atoms with van der Waals surface area (Å²) < 4.78 is 1.69. The number of hydrogen-bond donors (Lipinski definition) is 0. The van der Waals surface area contributed by atoms with Crippen molar-refractivity contribution in [3.05, 3.63) is 125 Å². The fourth-order valence-electron chi connectivity index (χ4n) is 4.63. The van der Waals surface area contributed by atoms with Gasteiger partial charge in [0.1, 0.15) is 0 Å². The summed E-state index contributed by atoms with van der Waals surface area (Å²) in [5.74, 6) is 0. The standard InChI is InChI=1S/C21H25.C12H16.C5H5.2ClH.Zr/c1-20(2,3)16-9-7-14-11-15-8-10-17(21(4,5)6)13-19(15)18(14)12-16;1-2-3-4-6-9-12-10-7-5-8-11-12;1-2-4-5-3-1;;;/h7,9-10,12-13H,11H2,1-6H3;5,7-8,10-11H,2-4,9H2,1H3;1-5H;2*1H;/q-1;;-1;;;+2/p-2. The molecule has 3 heteroatoms. The van der Waals surface area contributed by atoms with Crippen LogP contribution >= 0.6 is 0 Å². The molecule has 0 atom stereocenters. The molecule has 0 aromatic heterocycles. The van der Waals surface area contributed by atoms with Crippen molar-refractivity contribution in [2.75, 3.05) is 0 Å². The second-order valence-corrected chi connectivity index (χ2v) is 14.4. The predicted molar refractivity (Wildman–Crippen MR) is 168 cm³/mol. The molecule has 0 saturated carbocycles. The van der Waals surface area contributed by atoms with Crippen molar-refractivity contribution >= 4 is 3.21 Å². The van der Waals surface area contributed by atoms with Gasteiger partial charge in [-0.2, -0.15) is 47.5 Å². The number of halogens is 2. The van der Waals surface area contributed by atoms with Gasteiger partial charge >= 0.3 is 95.9 Å². The van der Waals surface area contributed by atoms with Crippen LogP contribution < -0.4 is 24.8 Å². The largest absolute Gasteiger partial charge is 1.00 e. The first-order valence-corrected chi connectivity index (χ1v) is 15.7. The minimum atomic E-state index is 0. The number of unbranched alkanes of at least 4 members (excludes halogenated alkanes) is 1. The minimum absolute atomic E-state index is 0. The SMILES string of the molecule is CC(C)(C)c1c[c-]c2c(c1)-c1cc(C(C)(C)C)ccc1C2.CCCC[C](=[Zr+2])Cc1ccccc1.[Cl-].[Cl-].c1cc[cH-]c1. The van der Waals surface area contributed by atoms with Gasteiger partial charge in [0.2, 0.25) is 0 Å². The number of hydrogen-bond acceptors (Lipinski definition) is 0. The van der Waals surface area contributed by atoms with Gasteiger partial charge in [-0.3, -0.25) is 0 Å². The van der Waals surface area contributed by atoms with Crippen LogP contribution in [-0.4, -0.2) is 3.21 Å². The van der Waals surface area contributed by atoms with E-state index in [1.165, 1.54) is 64.6 Å². The van der Waals surface area contributed by atoms with E-state index in [1.54, 1.807) is 27.4 Å². The van der Waals surface area contributed by atoms with Crippen molar-refractivity contribution in [1.82, 2.24) is 0 Å². The van der Waals surface area contributed by atoms with Gasteiger partial charge in [-0.25, -0.2) is 12.1 Å². The fraction of sp³-hybridized carbons (Fsp3) is 0.368. The maximum atomic E-state index is 3.53. The molecule has 0 aliphatic heterocycles. The summed E-state index contributed by atoms with van der Waals surface area (Å²) in [6, 6.07) is 35.8. The first kappa shape index (κ1) is 37.4. The molecular weight excluding hydrogens is 619 g/mol. The summed E-state index contributed by atoms with van der Waals surface area (Å²) in [5, 5.41) is 0. The first-order valence-electron chi connectivity index (χ1n) is 14.4. The molecule has 4 aromatic carbocycles. The molecule has 0 nitrogen and oxygen atoms in total. The maximum absolute atomic E-state index is 3.53. The molecule has 0 unspecified atom stereocenters. The van der Waals surface area contributed by atoms with Crippen LogP contribution in [0.15, 0.2) is 91.0 Å². The zero-order valence-electron chi connectivity index (χ0n) is 26.0. The second kappa shape index (κ2) is 17.5. The zero-order chi connectivity index (χ0) is 28.5. The summed E-state index contributed by atoms with van der Waals surface area (Å²) in [6.45, 7) is 15.9. The van der Waals surface area contributed by atoms with Crippen molar-refractivity contribution in [3.63, 3.8) is 0 Å². The quantitative estimate of drug-likeness (QED) is 0.247. The van der Waals surface area contributed by atoms with Crippen LogP contribution in [0.25, 0.3) is 11.1 Å². The van der Waals surface area contributed by atoms with Crippen LogP contribution in [0, 0.1) is 6.07 Å². The normalized spacial score (nSPS) is 11.3.